The Balaban J connectivity index is 1.66. The van der Waals surface area contributed by atoms with Crippen LogP contribution in [0.3, 0.4) is 0 Å². The molecule has 0 aliphatic heterocycles. The molecule has 2 atom stereocenters. The molecule has 0 radical (unpaired) electrons. The van der Waals surface area contributed by atoms with Crippen molar-refractivity contribution in [2.45, 2.75) is 31.4 Å². The Bertz CT molecular complexity index is 765. The van der Waals surface area contributed by atoms with Gasteiger partial charge in [-0.3, -0.25) is 0 Å². The van der Waals surface area contributed by atoms with Gasteiger partial charge in [-0.25, -0.2) is 9.97 Å². The van der Waals surface area contributed by atoms with Gasteiger partial charge in [-0.05, 0) is 19.3 Å². The molecule has 0 unspecified atom stereocenters. The number of benzene rings is 1. The molecule has 1 saturated carbocycles. The van der Waals surface area contributed by atoms with Crippen molar-refractivity contribution in [1.29, 1.82) is 0 Å². The summed E-state index contributed by atoms with van der Waals surface area (Å²) < 4.78 is 2.17. The molecule has 0 amide bonds. The van der Waals surface area contributed by atoms with Crippen molar-refractivity contribution in [3.8, 4) is 22.1 Å². The molecule has 0 spiro atoms. The zero-order valence-electron chi connectivity index (χ0n) is 12.1. The number of hydrogen-bond donors (Lipinski definition) is 1. The Hall–Kier alpha value is -1.98. The number of aliphatic hydroxyl groups excluding tert-OH is 1. The summed E-state index contributed by atoms with van der Waals surface area (Å²) in [4.78, 5) is 9.24. The van der Waals surface area contributed by atoms with Gasteiger partial charge in [0.25, 0.3) is 0 Å². The number of rotatable bonds is 3. The van der Waals surface area contributed by atoms with Crippen molar-refractivity contribution < 1.29 is 5.11 Å². The van der Waals surface area contributed by atoms with E-state index in [9.17, 15) is 5.11 Å². The van der Waals surface area contributed by atoms with Crippen LogP contribution in [-0.2, 0) is 0 Å². The number of thiazole rings is 1. The summed E-state index contributed by atoms with van der Waals surface area (Å²) >= 11 is 1.62. The lowest BCUT2D eigenvalue weighted by molar-refractivity contribution is 0.178. The molecule has 4 nitrogen and oxygen atoms in total. The molecule has 2 heterocycles. The van der Waals surface area contributed by atoms with Gasteiger partial charge >= 0.3 is 0 Å². The maximum Gasteiger partial charge on any atom is 0.169 e. The topological polar surface area (TPSA) is 50.9 Å². The first-order valence-electron chi connectivity index (χ1n) is 7.53. The van der Waals surface area contributed by atoms with Crippen LogP contribution in [0.15, 0.2) is 48.1 Å². The van der Waals surface area contributed by atoms with E-state index in [1.165, 1.54) is 0 Å². The fraction of sp³-hybridized carbons (Fsp3) is 0.294. The molecule has 1 N–H and O–H groups in total. The first-order chi connectivity index (χ1) is 10.8. The lowest BCUT2D eigenvalue weighted by Crippen LogP contribution is -2.07. The highest BCUT2D eigenvalue weighted by atomic mass is 32.1. The molecule has 5 heteroatoms. The van der Waals surface area contributed by atoms with Crippen LogP contribution in [0.5, 0.6) is 0 Å². The molecule has 1 fully saturated rings. The van der Waals surface area contributed by atoms with Crippen molar-refractivity contribution >= 4 is 11.3 Å². The number of hydrogen-bond acceptors (Lipinski definition) is 4. The first kappa shape index (κ1) is 13.7. The Morgan fingerprint density at radius 1 is 1.18 bits per heavy atom. The van der Waals surface area contributed by atoms with Crippen LogP contribution in [0.2, 0.25) is 0 Å². The molecule has 1 aliphatic rings. The van der Waals surface area contributed by atoms with Gasteiger partial charge in [-0.1, -0.05) is 30.3 Å². The van der Waals surface area contributed by atoms with Gasteiger partial charge in [0.05, 0.1) is 11.8 Å². The van der Waals surface area contributed by atoms with Crippen LogP contribution in [0, 0.1) is 0 Å². The zero-order valence-corrected chi connectivity index (χ0v) is 12.9. The van der Waals surface area contributed by atoms with Crippen molar-refractivity contribution in [3.05, 3.63) is 48.1 Å². The summed E-state index contributed by atoms with van der Waals surface area (Å²) in [6.07, 6.45) is 6.32. The lowest BCUT2D eigenvalue weighted by Gasteiger charge is -2.13. The predicted octanol–water partition coefficient (Wildman–Crippen LogP) is 3.76. The summed E-state index contributed by atoms with van der Waals surface area (Å²) in [6, 6.07) is 10.5. The van der Waals surface area contributed by atoms with Crippen molar-refractivity contribution in [2.75, 3.05) is 0 Å². The minimum absolute atomic E-state index is 0.184. The third kappa shape index (κ3) is 2.46. The lowest BCUT2D eigenvalue weighted by atomic mass is 10.2. The van der Waals surface area contributed by atoms with E-state index in [0.717, 1.165) is 41.4 Å². The maximum atomic E-state index is 9.77. The maximum absolute atomic E-state index is 9.77. The van der Waals surface area contributed by atoms with E-state index in [1.54, 1.807) is 11.3 Å². The summed E-state index contributed by atoms with van der Waals surface area (Å²) in [5, 5.41) is 12.8. The Morgan fingerprint density at radius 2 is 2.05 bits per heavy atom. The molecule has 2 aromatic heterocycles. The normalized spacial score (nSPS) is 21.3. The van der Waals surface area contributed by atoms with Crippen LogP contribution >= 0.6 is 11.3 Å². The minimum atomic E-state index is -0.184. The molecule has 1 aliphatic carbocycles. The second kappa shape index (κ2) is 5.66. The summed E-state index contributed by atoms with van der Waals surface area (Å²) in [7, 11) is 0. The highest BCUT2D eigenvalue weighted by Crippen LogP contribution is 2.35. The average Bonchev–Trinajstić information content (AvgIpc) is 3.27. The van der Waals surface area contributed by atoms with E-state index in [4.69, 9.17) is 4.98 Å². The number of nitrogens with zero attached hydrogens (tertiary/aromatic N) is 3. The average molecular weight is 311 g/mol. The van der Waals surface area contributed by atoms with E-state index in [0.29, 0.717) is 6.04 Å². The van der Waals surface area contributed by atoms with Crippen molar-refractivity contribution in [3.63, 3.8) is 0 Å². The monoisotopic (exact) mass is 311 g/mol. The van der Waals surface area contributed by atoms with Crippen LogP contribution in [-0.4, -0.2) is 25.7 Å². The van der Waals surface area contributed by atoms with Gasteiger partial charge in [0.1, 0.15) is 0 Å². The van der Waals surface area contributed by atoms with Crippen molar-refractivity contribution in [2.24, 2.45) is 0 Å². The van der Waals surface area contributed by atoms with E-state index < -0.39 is 0 Å². The molecule has 3 aromatic rings. The molecule has 112 valence electrons. The fourth-order valence-electron chi connectivity index (χ4n) is 3.08. The number of aliphatic hydroxyl groups is 1. The predicted molar refractivity (Wildman–Crippen MR) is 87.7 cm³/mol. The molecular weight excluding hydrogens is 294 g/mol. The van der Waals surface area contributed by atoms with E-state index in [-0.39, 0.29) is 6.10 Å². The zero-order chi connectivity index (χ0) is 14.9. The Morgan fingerprint density at radius 3 is 2.82 bits per heavy atom. The molecule has 0 saturated heterocycles. The molecule has 22 heavy (non-hydrogen) atoms. The van der Waals surface area contributed by atoms with E-state index in [1.807, 2.05) is 30.6 Å². The third-order valence-corrected chi connectivity index (χ3v) is 5.04. The highest BCUT2D eigenvalue weighted by molar-refractivity contribution is 7.13. The van der Waals surface area contributed by atoms with Gasteiger partial charge in [0.2, 0.25) is 0 Å². The summed E-state index contributed by atoms with van der Waals surface area (Å²) in [5.41, 5.74) is 2.11. The SMILES string of the molecule is O[C@H]1CC[C@@H](n2ccnc2-c2nc(-c3ccccc3)cs2)C1. The first-order valence-corrected chi connectivity index (χ1v) is 8.41. The largest absolute Gasteiger partial charge is 0.393 e. The highest BCUT2D eigenvalue weighted by Gasteiger charge is 2.26. The number of imidazole rings is 1. The van der Waals surface area contributed by atoms with E-state index in [2.05, 4.69) is 27.1 Å². The van der Waals surface area contributed by atoms with Crippen molar-refractivity contribution in [1.82, 2.24) is 14.5 Å². The third-order valence-electron chi connectivity index (χ3n) is 4.20. The molecule has 4 rings (SSSR count). The van der Waals surface area contributed by atoms with Crippen LogP contribution in [0.25, 0.3) is 22.1 Å². The second-order valence-electron chi connectivity index (χ2n) is 5.68. The minimum Gasteiger partial charge on any atom is -0.393 e. The standard InChI is InChI=1S/C17H17N3OS/c21-14-7-6-13(10-14)20-9-8-18-16(20)17-19-15(11-22-17)12-4-2-1-3-5-12/h1-5,8-9,11,13-14,21H,6-7,10H2/t13-,14+/m1/s1. The van der Waals surface area contributed by atoms with Gasteiger partial charge in [-0.2, -0.15) is 0 Å². The Labute approximate surface area is 133 Å². The summed E-state index contributed by atoms with van der Waals surface area (Å²) in [5.74, 6) is 0.909. The van der Waals surface area contributed by atoms with Gasteiger partial charge in [-0.15, -0.1) is 11.3 Å². The van der Waals surface area contributed by atoms with Gasteiger partial charge in [0, 0.05) is 29.4 Å². The second-order valence-corrected chi connectivity index (χ2v) is 6.54. The van der Waals surface area contributed by atoms with Gasteiger partial charge < -0.3 is 9.67 Å². The summed E-state index contributed by atoms with van der Waals surface area (Å²) in [6.45, 7) is 0. The van der Waals surface area contributed by atoms with Crippen LogP contribution in [0.1, 0.15) is 25.3 Å². The van der Waals surface area contributed by atoms with E-state index >= 15 is 0 Å². The quantitative estimate of drug-likeness (QED) is 0.801. The van der Waals surface area contributed by atoms with Gasteiger partial charge in [0.15, 0.2) is 10.8 Å². The smallest absolute Gasteiger partial charge is 0.169 e. The fourth-order valence-corrected chi connectivity index (χ4v) is 3.91. The Kier molecular flexibility index (Phi) is 3.52. The molecule has 1 aromatic carbocycles. The molecular formula is C17H17N3OS. The van der Waals surface area contributed by atoms with Crippen LogP contribution < -0.4 is 0 Å². The number of aromatic nitrogens is 3. The van der Waals surface area contributed by atoms with Crippen LogP contribution in [0.4, 0.5) is 0 Å². The molecule has 0 bridgehead atoms.